The van der Waals surface area contributed by atoms with Gasteiger partial charge in [0.2, 0.25) is 0 Å². The number of hydrogen-bond donors (Lipinski definition) is 0. The summed E-state index contributed by atoms with van der Waals surface area (Å²) in [5, 5.41) is 0. The van der Waals surface area contributed by atoms with Crippen molar-refractivity contribution in [1.29, 1.82) is 0 Å². The maximum Gasteiger partial charge on any atom is 0.0393 e. The molecule has 1 aliphatic heterocycles. The Morgan fingerprint density at radius 2 is 2.18 bits per heavy atom. The Morgan fingerprint density at radius 3 is 2.64 bits per heavy atom. The number of halogens is 1. The second-order valence-corrected chi connectivity index (χ2v) is 6.60. The summed E-state index contributed by atoms with van der Waals surface area (Å²) in [6, 6.07) is 0.995. The summed E-state index contributed by atoms with van der Waals surface area (Å²) >= 11 is 2.69. The molecule has 0 amide bonds. The van der Waals surface area contributed by atoms with E-state index in [0.717, 1.165) is 15.4 Å². The Morgan fingerprint density at radius 1 is 1.36 bits per heavy atom. The van der Waals surface area contributed by atoms with Crippen molar-refractivity contribution in [2.45, 2.75) is 35.1 Å². The van der Waals surface area contributed by atoms with Crippen molar-refractivity contribution in [3.8, 4) is 0 Å². The van der Waals surface area contributed by atoms with Gasteiger partial charge in [-0.3, -0.25) is 4.90 Å². The number of alkyl halides is 1. The minimum Gasteiger partial charge on any atom is -0.299 e. The van der Waals surface area contributed by atoms with Crippen LogP contribution in [0, 0.1) is 5.92 Å². The lowest BCUT2D eigenvalue weighted by Gasteiger charge is -2.35. The minimum atomic E-state index is 0.743. The van der Waals surface area contributed by atoms with Crippen LogP contribution in [-0.4, -0.2) is 27.5 Å². The van der Waals surface area contributed by atoms with Gasteiger partial charge in [-0.25, -0.2) is 0 Å². The molecule has 2 atom stereocenters. The summed E-state index contributed by atoms with van der Waals surface area (Å²) in [7, 11) is 0. The van der Waals surface area contributed by atoms with Crippen molar-refractivity contribution < 1.29 is 0 Å². The second-order valence-electron chi connectivity index (χ2n) is 4.45. The SMILES string of the molecule is IC12CC1CN(C1CCC1)C2. The maximum absolute atomic E-state index is 2.74. The average Bonchev–Trinajstić information content (AvgIpc) is 2.28. The Labute approximate surface area is 81.7 Å². The van der Waals surface area contributed by atoms with E-state index >= 15 is 0 Å². The van der Waals surface area contributed by atoms with Gasteiger partial charge in [-0.05, 0) is 25.2 Å². The molecule has 3 rings (SSSR count). The Kier molecular flexibility index (Phi) is 1.38. The van der Waals surface area contributed by atoms with Gasteiger partial charge in [0.25, 0.3) is 0 Å². The molecule has 0 aromatic heterocycles. The van der Waals surface area contributed by atoms with E-state index in [4.69, 9.17) is 0 Å². The second kappa shape index (κ2) is 2.13. The van der Waals surface area contributed by atoms with Crippen LogP contribution in [0.15, 0.2) is 0 Å². The van der Waals surface area contributed by atoms with Gasteiger partial charge in [-0.2, -0.15) is 0 Å². The smallest absolute Gasteiger partial charge is 0.0393 e. The Hall–Kier alpha value is 0.690. The first-order valence-electron chi connectivity index (χ1n) is 4.71. The number of likely N-dealkylation sites (tertiary alicyclic amines) is 1. The van der Waals surface area contributed by atoms with E-state index in [1.54, 1.807) is 0 Å². The van der Waals surface area contributed by atoms with Crippen molar-refractivity contribution in [3.63, 3.8) is 0 Å². The van der Waals surface area contributed by atoms with E-state index in [-0.39, 0.29) is 0 Å². The standard InChI is InChI=1S/C9H14IN/c10-9-4-7(9)5-11(6-9)8-2-1-3-8/h7-8H,1-6H2. The van der Waals surface area contributed by atoms with E-state index in [2.05, 4.69) is 27.5 Å². The number of fused-ring (bicyclic) bond motifs is 1. The van der Waals surface area contributed by atoms with Crippen molar-refractivity contribution in [3.05, 3.63) is 0 Å². The zero-order valence-corrected chi connectivity index (χ0v) is 8.88. The van der Waals surface area contributed by atoms with Crippen molar-refractivity contribution in [2.24, 2.45) is 5.92 Å². The third-order valence-electron chi connectivity index (χ3n) is 3.67. The number of piperidine rings is 1. The predicted octanol–water partition coefficient (Wildman–Crippen LogP) is 2.05. The molecule has 0 spiro atoms. The number of hydrogen-bond acceptors (Lipinski definition) is 1. The molecule has 0 aromatic carbocycles. The Balaban J connectivity index is 1.66. The van der Waals surface area contributed by atoms with E-state index in [9.17, 15) is 0 Å². The van der Waals surface area contributed by atoms with Crippen molar-refractivity contribution in [1.82, 2.24) is 4.90 Å². The molecule has 0 aromatic rings. The van der Waals surface area contributed by atoms with Crippen molar-refractivity contribution in [2.75, 3.05) is 13.1 Å². The summed E-state index contributed by atoms with van der Waals surface area (Å²) in [6.45, 7) is 2.83. The van der Waals surface area contributed by atoms with Crippen LogP contribution in [0.25, 0.3) is 0 Å². The van der Waals surface area contributed by atoms with Gasteiger partial charge in [0.15, 0.2) is 0 Å². The molecule has 2 heteroatoms. The number of nitrogens with zero attached hydrogens (tertiary/aromatic N) is 1. The normalized spacial score (nSPS) is 50.5. The predicted molar refractivity (Wildman–Crippen MR) is 54.1 cm³/mol. The maximum atomic E-state index is 2.74. The largest absolute Gasteiger partial charge is 0.299 e. The average molecular weight is 263 g/mol. The van der Waals surface area contributed by atoms with E-state index < -0.39 is 0 Å². The molecule has 2 aliphatic carbocycles. The first-order chi connectivity index (χ1) is 5.28. The van der Waals surface area contributed by atoms with Crippen LogP contribution >= 0.6 is 22.6 Å². The first-order valence-corrected chi connectivity index (χ1v) is 5.79. The van der Waals surface area contributed by atoms with Gasteiger partial charge in [-0.15, -0.1) is 0 Å². The topological polar surface area (TPSA) is 3.24 Å². The zero-order chi connectivity index (χ0) is 7.47. The molecule has 0 N–H and O–H groups in total. The highest BCUT2D eigenvalue weighted by molar-refractivity contribution is 14.1. The lowest BCUT2D eigenvalue weighted by Crippen LogP contribution is -2.40. The van der Waals surface area contributed by atoms with E-state index in [0.29, 0.717) is 0 Å². The molecule has 62 valence electrons. The number of rotatable bonds is 1. The molecule has 1 nitrogen and oxygen atoms in total. The summed E-state index contributed by atoms with van der Waals surface area (Å²) in [4.78, 5) is 2.74. The lowest BCUT2D eigenvalue weighted by atomic mass is 9.91. The monoisotopic (exact) mass is 263 g/mol. The quantitative estimate of drug-likeness (QED) is 0.517. The van der Waals surface area contributed by atoms with Crippen LogP contribution in [-0.2, 0) is 0 Å². The van der Waals surface area contributed by atoms with E-state index in [1.807, 2.05) is 0 Å². The van der Waals surface area contributed by atoms with Gasteiger partial charge in [0.05, 0.1) is 0 Å². The molecule has 2 unspecified atom stereocenters. The van der Waals surface area contributed by atoms with Crippen LogP contribution in [0.5, 0.6) is 0 Å². The van der Waals surface area contributed by atoms with Crippen LogP contribution in [0.3, 0.4) is 0 Å². The van der Waals surface area contributed by atoms with Crippen molar-refractivity contribution >= 4 is 22.6 Å². The van der Waals surface area contributed by atoms with Crippen LogP contribution in [0.1, 0.15) is 25.7 Å². The molecular weight excluding hydrogens is 249 g/mol. The molecule has 11 heavy (non-hydrogen) atoms. The molecule has 0 radical (unpaired) electrons. The van der Waals surface area contributed by atoms with E-state index in [1.165, 1.54) is 38.8 Å². The molecule has 1 saturated heterocycles. The first kappa shape index (κ1) is 7.13. The Bertz CT molecular complexity index is 190. The highest BCUT2D eigenvalue weighted by atomic mass is 127. The van der Waals surface area contributed by atoms with Crippen LogP contribution in [0.2, 0.25) is 0 Å². The molecular formula is C9H14IN. The van der Waals surface area contributed by atoms with Gasteiger partial charge >= 0.3 is 0 Å². The highest BCUT2D eigenvalue weighted by Crippen LogP contribution is 2.57. The fraction of sp³-hybridized carbons (Fsp3) is 1.00. The lowest BCUT2D eigenvalue weighted by molar-refractivity contribution is 0.146. The summed E-state index contributed by atoms with van der Waals surface area (Å²) in [6.07, 6.45) is 5.97. The summed E-state index contributed by atoms with van der Waals surface area (Å²) < 4.78 is 0.743. The van der Waals surface area contributed by atoms with Crippen LogP contribution < -0.4 is 0 Å². The molecule has 3 fully saturated rings. The molecule has 1 heterocycles. The molecule has 0 bridgehead atoms. The summed E-state index contributed by atoms with van der Waals surface area (Å²) in [5.74, 6) is 1.07. The van der Waals surface area contributed by atoms with Gasteiger partial charge < -0.3 is 0 Å². The minimum absolute atomic E-state index is 0.743. The van der Waals surface area contributed by atoms with Gasteiger partial charge in [-0.1, -0.05) is 29.0 Å². The zero-order valence-electron chi connectivity index (χ0n) is 6.72. The fourth-order valence-electron chi connectivity index (χ4n) is 2.49. The van der Waals surface area contributed by atoms with Gasteiger partial charge in [0.1, 0.15) is 0 Å². The third kappa shape index (κ3) is 0.981. The van der Waals surface area contributed by atoms with Crippen LogP contribution in [0.4, 0.5) is 0 Å². The molecule has 2 saturated carbocycles. The molecule has 3 aliphatic rings. The third-order valence-corrected chi connectivity index (χ3v) is 5.33. The fourth-order valence-corrected chi connectivity index (χ4v) is 3.65. The highest BCUT2D eigenvalue weighted by Gasteiger charge is 2.59. The summed E-state index contributed by atoms with van der Waals surface area (Å²) in [5.41, 5.74) is 0. The van der Waals surface area contributed by atoms with Gasteiger partial charge in [0, 0.05) is 22.6 Å².